The minimum absolute atomic E-state index is 0.374. The van der Waals surface area contributed by atoms with Crippen molar-refractivity contribution in [2.45, 2.75) is 35.4 Å². The first-order chi connectivity index (χ1) is 8.45. The van der Waals surface area contributed by atoms with Gasteiger partial charge in [-0.15, -0.1) is 0 Å². The van der Waals surface area contributed by atoms with E-state index in [1.165, 1.54) is 0 Å². The molecule has 106 valence electrons. The molecule has 2 N–H and O–H groups in total. The Balaban J connectivity index is 3.27. The van der Waals surface area contributed by atoms with Crippen LogP contribution in [0, 0.1) is 0 Å². The van der Waals surface area contributed by atoms with Gasteiger partial charge in [-0.25, -0.2) is 0 Å². The van der Waals surface area contributed by atoms with E-state index in [1.807, 2.05) is 0 Å². The maximum atomic E-state index is 11.0. The van der Waals surface area contributed by atoms with E-state index in [0.717, 1.165) is 25.7 Å². The number of halogens is 4. The van der Waals surface area contributed by atoms with Gasteiger partial charge in [0.2, 0.25) is 0 Å². The number of amides is 2. The summed E-state index contributed by atoms with van der Waals surface area (Å²) in [7, 11) is 0. The third kappa shape index (κ3) is 10.1. The Morgan fingerprint density at radius 2 is 1.06 bits per heavy atom. The van der Waals surface area contributed by atoms with Gasteiger partial charge in [0.25, 0.3) is 11.8 Å². The molecule has 0 atom stereocenters. The molecule has 0 aliphatic heterocycles. The van der Waals surface area contributed by atoms with Crippen LogP contribution in [0.1, 0.15) is 25.7 Å². The van der Waals surface area contributed by atoms with Gasteiger partial charge in [0, 0.05) is 13.1 Å². The van der Waals surface area contributed by atoms with Crippen LogP contribution in [-0.2, 0) is 9.59 Å². The summed E-state index contributed by atoms with van der Waals surface area (Å²) in [6.07, 6.45) is 3.56. The summed E-state index contributed by atoms with van der Waals surface area (Å²) in [5, 5.41) is 5.20. The predicted octanol–water partition coefficient (Wildman–Crippen LogP) is 2.39. The number of hydrogen-bond donors (Lipinski definition) is 2. The zero-order valence-corrected chi connectivity index (χ0v) is 12.7. The fraction of sp³-hybridized carbons (Fsp3) is 0.800. The van der Waals surface area contributed by atoms with Crippen LogP contribution in [0.2, 0.25) is 0 Å². The van der Waals surface area contributed by atoms with Gasteiger partial charge in [-0.2, -0.15) is 0 Å². The van der Waals surface area contributed by atoms with Crippen molar-refractivity contribution in [3.05, 3.63) is 0 Å². The van der Waals surface area contributed by atoms with Crippen LogP contribution < -0.4 is 10.6 Å². The van der Waals surface area contributed by atoms with Gasteiger partial charge in [0.1, 0.15) is 0 Å². The van der Waals surface area contributed by atoms with Crippen molar-refractivity contribution in [3.63, 3.8) is 0 Å². The summed E-state index contributed by atoms with van der Waals surface area (Å²) in [6.45, 7) is 1.10. The van der Waals surface area contributed by atoms with Gasteiger partial charge in [0.15, 0.2) is 9.67 Å². The molecule has 0 heterocycles. The summed E-state index contributed by atoms with van der Waals surface area (Å²) in [5.74, 6) is -0.748. The first-order valence-electron chi connectivity index (χ1n) is 5.57. The standard InChI is InChI=1S/C10H16Cl4N2O2/c11-7(12)9(17)15-5-3-1-2-4-6-16-10(18)8(13)14/h7-8H,1-6H2,(H,15,17)(H,16,18). The van der Waals surface area contributed by atoms with Gasteiger partial charge >= 0.3 is 0 Å². The van der Waals surface area contributed by atoms with E-state index in [-0.39, 0.29) is 11.8 Å². The minimum atomic E-state index is -1.01. The first kappa shape index (κ1) is 18.1. The number of unbranched alkanes of at least 4 members (excludes halogenated alkanes) is 3. The number of nitrogens with one attached hydrogen (secondary N) is 2. The molecular formula is C10H16Cl4N2O2. The molecule has 0 radical (unpaired) electrons. The molecule has 8 heteroatoms. The summed E-state index contributed by atoms with van der Waals surface area (Å²) >= 11 is 21.4. The van der Waals surface area contributed by atoms with Crippen LogP contribution >= 0.6 is 46.4 Å². The zero-order chi connectivity index (χ0) is 14.0. The Bertz CT molecular complexity index is 236. The second-order valence-electron chi connectivity index (χ2n) is 3.60. The molecular weight excluding hydrogens is 322 g/mol. The normalized spacial score (nSPS) is 10.8. The maximum absolute atomic E-state index is 11.0. The first-order valence-corrected chi connectivity index (χ1v) is 7.31. The molecule has 0 spiro atoms. The highest BCUT2D eigenvalue weighted by Gasteiger charge is 2.10. The lowest BCUT2D eigenvalue weighted by atomic mass is 10.2. The van der Waals surface area contributed by atoms with E-state index >= 15 is 0 Å². The molecule has 0 rings (SSSR count). The number of carbonyl (C=O) groups excluding carboxylic acids is 2. The minimum Gasteiger partial charge on any atom is -0.354 e. The van der Waals surface area contributed by atoms with E-state index in [9.17, 15) is 9.59 Å². The lowest BCUT2D eigenvalue weighted by molar-refractivity contribution is -0.120. The lowest BCUT2D eigenvalue weighted by Gasteiger charge is -2.06. The Morgan fingerprint density at radius 1 is 0.722 bits per heavy atom. The summed E-state index contributed by atoms with van der Waals surface area (Å²) < 4.78 is 0. The molecule has 0 aromatic rings. The van der Waals surface area contributed by atoms with Crippen LogP contribution in [0.3, 0.4) is 0 Å². The van der Waals surface area contributed by atoms with E-state index in [1.54, 1.807) is 0 Å². The van der Waals surface area contributed by atoms with Crippen LogP contribution in [0.15, 0.2) is 0 Å². The quantitative estimate of drug-likeness (QED) is 0.501. The number of alkyl halides is 4. The van der Waals surface area contributed by atoms with Crippen molar-refractivity contribution < 1.29 is 9.59 Å². The van der Waals surface area contributed by atoms with Crippen molar-refractivity contribution in [1.29, 1.82) is 0 Å². The highest BCUT2D eigenvalue weighted by Crippen LogP contribution is 2.03. The number of hydrogen-bond acceptors (Lipinski definition) is 2. The van der Waals surface area contributed by atoms with E-state index in [2.05, 4.69) is 10.6 Å². The molecule has 0 unspecified atom stereocenters. The second kappa shape index (κ2) is 11.0. The molecule has 0 aromatic carbocycles. The number of rotatable bonds is 9. The molecule has 18 heavy (non-hydrogen) atoms. The zero-order valence-electron chi connectivity index (χ0n) is 9.73. The molecule has 0 aromatic heterocycles. The van der Waals surface area contributed by atoms with Crippen LogP contribution in [0.25, 0.3) is 0 Å². The van der Waals surface area contributed by atoms with Gasteiger partial charge in [-0.3, -0.25) is 9.59 Å². The SMILES string of the molecule is O=C(NCCCCCCNC(=O)C(Cl)Cl)C(Cl)Cl. The van der Waals surface area contributed by atoms with Crippen molar-refractivity contribution in [3.8, 4) is 0 Å². The van der Waals surface area contributed by atoms with E-state index in [4.69, 9.17) is 46.4 Å². The lowest BCUT2D eigenvalue weighted by Crippen LogP contribution is -2.29. The average molecular weight is 338 g/mol. The van der Waals surface area contributed by atoms with Gasteiger partial charge in [-0.05, 0) is 12.8 Å². The number of carbonyl (C=O) groups is 2. The summed E-state index contributed by atoms with van der Waals surface area (Å²) in [6, 6.07) is 0. The highest BCUT2D eigenvalue weighted by molar-refractivity contribution is 6.53. The third-order valence-electron chi connectivity index (χ3n) is 2.10. The molecule has 0 saturated heterocycles. The van der Waals surface area contributed by atoms with Crippen LogP contribution in [-0.4, -0.2) is 34.6 Å². The Hall–Kier alpha value is 0.1000. The largest absolute Gasteiger partial charge is 0.354 e. The summed E-state index contributed by atoms with van der Waals surface area (Å²) in [4.78, 5) is 19.9. The van der Waals surface area contributed by atoms with Crippen molar-refractivity contribution in [1.82, 2.24) is 10.6 Å². The molecule has 2 amide bonds. The van der Waals surface area contributed by atoms with E-state index < -0.39 is 9.67 Å². The molecule has 0 aliphatic rings. The molecule has 0 bridgehead atoms. The maximum Gasteiger partial charge on any atom is 0.253 e. The van der Waals surface area contributed by atoms with Gasteiger partial charge in [0.05, 0.1) is 0 Å². The van der Waals surface area contributed by atoms with Crippen LogP contribution in [0.5, 0.6) is 0 Å². The highest BCUT2D eigenvalue weighted by atomic mass is 35.5. The molecule has 0 aliphatic carbocycles. The Kier molecular flexibility index (Phi) is 11.0. The Morgan fingerprint density at radius 3 is 1.33 bits per heavy atom. The molecule has 4 nitrogen and oxygen atoms in total. The summed E-state index contributed by atoms with van der Waals surface area (Å²) in [5.41, 5.74) is 0. The van der Waals surface area contributed by atoms with Crippen molar-refractivity contribution in [2.24, 2.45) is 0 Å². The van der Waals surface area contributed by atoms with Gasteiger partial charge in [-0.1, -0.05) is 59.2 Å². The molecule has 0 fully saturated rings. The molecule has 0 saturated carbocycles. The fourth-order valence-electron chi connectivity index (χ4n) is 1.18. The van der Waals surface area contributed by atoms with Crippen LogP contribution in [0.4, 0.5) is 0 Å². The van der Waals surface area contributed by atoms with Gasteiger partial charge < -0.3 is 10.6 Å². The third-order valence-corrected chi connectivity index (χ3v) is 2.89. The topological polar surface area (TPSA) is 58.2 Å². The van der Waals surface area contributed by atoms with E-state index in [0.29, 0.717) is 13.1 Å². The monoisotopic (exact) mass is 336 g/mol. The Labute approximate surface area is 127 Å². The predicted molar refractivity (Wildman–Crippen MR) is 75.5 cm³/mol. The smallest absolute Gasteiger partial charge is 0.253 e. The van der Waals surface area contributed by atoms with Crippen molar-refractivity contribution in [2.75, 3.05) is 13.1 Å². The average Bonchev–Trinajstić information content (AvgIpc) is 2.31. The fourth-order valence-corrected chi connectivity index (χ4v) is 1.49. The van der Waals surface area contributed by atoms with Crippen molar-refractivity contribution >= 4 is 58.2 Å². The second-order valence-corrected chi connectivity index (χ2v) is 5.79.